The first-order chi connectivity index (χ1) is 18.8. The zero-order valence-corrected chi connectivity index (χ0v) is 22.0. The molecule has 4 rings (SSSR count). The topological polar surface area (TPSA) is 116 Å². The fraction of sp³-hybridized carbons (Fsp3) is 0.0741. The number of aryl methyl sites for hydroxylation is 1. The highest BCUT2D eigenvalue weighted by Crippen LogP contribution is 2.37. The number of halogens is 4. The lowest BCUT2D eigenvalue weighted by molar-refractivity contribution is -0.385. The van der Waals surface area contributed by atoms with E-state index in [9.17, 15) is 36.5 Å². The number of alkyl halides is 3. The Morgan fingerprint density at radius 2 is 1.65 bits per heavy atom. The molecule has 206 valence electrons. The average molecular weight is 591 g/mol. The molecule has 0 unspecified atom stereocenters. The second-order valence-electron chi connectivity index (χ2n) is 8.43. The zero-order chi connectivity index (χ0) is 29.2. The van der Waals surface area contributed by atoms with Crippen LogP contribution in [-0.2, 0) is 16.0 Å². The van der Waals surface area contributed by atoms with Crippen LogP contribution in [0.25, 0.3) is 0 Å². The maximum Gasteiger partial charge on any atom is 0.416 e. The van der Waals surface area contributed by atoms with Gasteiger partial charge in [0.2, 0.25) is 9.84 Å². The SMILES string of the molecule is Cc1cc(S(=O)(=O)c2ccccc2)ccc1NC(=O)c1cc(Oc2ccc(C(F)(F)F)cc2Cl)ccc1[N+](=O)[O-]. The van der Waals surface area contributed by atoms with Crippen molar-refractivity contribution in [3.63, 3.8) is 0 Å². The molecule has 0 fully saturated rings. The molecule has 0 aliphatic rings. The van der Waals surface area contributed by atoms with E-state index in [4.69, 9.17) is 16.3 Å². The van der Waals surface area contributed by atoms with Gasteiger partial charge in [0.1, 0.15) is 17.1 Å². The molecule has 0 bridgehead atoms. The molecule has 1 amide bonds. The predicted molar refractivity (Wildman–Crippen MR) is 141 cm³/mol. The van der Waals surface area contributed by atoms with Crippen molar-refractivity contribution in [1.29, 1.82) is 0 Å². The van der Waals surface area contributed by atoms with Gasteiger partial charge in [0, 0.05) is 17.8 Å². The van der Waals surface area contributed by atoms with Gasteiger partial charge < -0.3 is 10.1 Å². The van der Waals surface area contributed by atoms with Gasteiger partial charge in [-0.1, -0.05) is 29.8 Å². The summed E-state index contributed by atoms with van der Waals surface area (Å²) in [5.74, 6) is -1.17. The van der Waals surface area contributed by atoms with Crippen molar-refractivity contribution < 1.29 is 36.0 Å². The van der Waals surface area contributed by atoms with Crippen molar-refractivity contribution in [3.05, 3.63) is 117 Å². The van der Waals surface area contributed by atoms with Crippen LogP contribution in [0.3, 0.4) is 0 Å². The Bertz CT molecular complexity index is 1730. The fourth-order valence-corrected chi connectivity index (χ4v) is 5.26. The summed E-state index contributed by atoms with van der Waals surface area (Å²) in [6.07, 6.45) is -4.62. The van der Waals surface area contributed by atoms with Crippen molar-refractivity contribution >= 4 is 38.7 Å². The highest BCUT2D eigenvalue weighted by Gasteiger charge is 2.31. The summed E-state index contributed by atoms with van der Waals surface area (Å²) in [7, 11) is -3.82. The van der Waals surface area contributed by atoms with Gasteiger partial charge >= 0.3 is 6.18 Å². The minimum atomic E-state index is -4.62. The number of nitro groups is 1. The summed E-state index contributed by atoms with van der Waals surface area (Å²) < 4.78 is 70.0. The van der Waals surface area contributed by atoms with Crippen LogP contribution in [0.4, 0.5) is 24.5 Å². The smallest absolute Gasteiger partial charge is 0.416 e. The Hall–Kier alpha value is -4.42. The molecule has 0 aliphatic heterocycles. The van der Waals surface area contributed by atoms with E-state index in [2.05, 4.69) is 5.32 Å². The third-order valence-corrected chi connectivity index (χ3v) is 7.77. The number of amides is 1. The standard InChI is InChI=1S/C27H18ClF3N2O6S/c1-16-13-20(40(37,38)19-5-3-2-4-6-19)9-10-23(16)32-26(34)21-15-18(8-11-24(21)33(35)36)39-25-12-7-17(14-22(25)28)27(29,30)31/h2-15H,1H3,(H,32,34). The molecule has 0 aliphatic carbocycles. The number of rotatable bonds is 7. The lowest BCUT2D eigenvalue weighted by Gasteiger charge is -2.13. The van der Waals surface area contributed by atoms with Crippen LogP contribution in [-0.4, -0.2) is 19.2 Å². The monoisotopic (exact) mass is 590 g/mol. The van der Waals surface area contributed by atoms with E-state index in [0.29, 0.717) is 11.6 Å². The number of nitrogens with one attached hydrogen (secondary N) is 1. The van der Waals surface area contributed by atoms with Crippen molar-refractivity contribution in [2.45, 2.75) is 22.9 Å². The number of carbonyl (C=O) groups excluding carboxylic acids is 1. The van der Waals surface area contributed by atoms with E-state index < -0.39 is 43.7 Å². The van der Waals surface area contributed by atoms with Gasteiger partial charge in [-0.05, 0) is 67.1 Å². The largest absolute Gasteiger partial charge is 0.456 e. The van der Waals surface area contributed by atoms with Crippen molar-refractivity contribution in [2.24, 2.45) is 0 Å². The van der Waals surface area contributed by atoms with Gasteiger partial charge in [-0.3, -0.25) is 14.9 Å². The summed E-state index contributed by atoms with van der Waals surface area (Å²) in [6, 6.07) is 17.4. The average Bonchev–Trinajstić information content (AvgIpc) is 2.90. The molecule has 0 aromatic heterocycles. The minimum Gasteiger partial charge on any atom is -0.456 e. The Labute approximate surface area is 231 Å². The number of benzene rings is 4. The molecule has 0 heterocycles. The van der Waals surface area contributed by atoms with E-state index in [1.54, 1.807) is 25.1 Å². The third-order valence-electron chi connectivity index (χ3n) is 5.71. The summed E-state index contributed by atoms with van der Waals surface area (Å²) in [5, 5.41) is 13.7. The van der Waals surface area contributed by atoms with Crippen LogP contribution in [0.5, 0.6) is 11.5 Å². The number of ether oxygens (including phenoxy) is 1. The Morgan fingerprint density at radius 1 is 0.950 bits per heavy atom. The molecule has 1 N–H and O–H groups in total. The van der Waals surface area contributed by atoms with Gasteiger partial charge in [-0.2, -0.15) is 13.2 Å². The molecular weight excluding hydrogens is 573 g/mol. The lowest BCUT2D eigenvalue weighted by atomic mass is 10.1. The zero-order valence-electron chi connectivity index (χ0n) is 20.4. The number of sulfone groups is 1. The van der Waals surface area contributed by atoms with Gasteiger partial charge in [-0.15, -0.1) is 0 Å². The third kappa shape index (κ3) is 6.08. The van der Waals surface area contributed by atoms with Crippen molar-refractivity contribution in [1.82, 2.24) is 0 Å². The van der Waals surface area contributed by atoms with E-state index in [0.717, 1.165) is 30.3 Å². The lowest BCUT2D eigenvalue weighted by Crippen LogP contribution is -2.15. The summed E-state index contributed by atoms with van der Waals surface area (Å²) >= 11 is 5.92. The molecule has 0 atom stereocenters. The number of hydrogen-bond acceptors (Lipinski definition) is 6. The minimum absolute atomic E-state index is 0.0102. The molecule has 4 aromatic carbocycles. The first-order valence-corrected chi connectivity index (χ1v) is 13.2. The molecule has 0 spiro atoms. The predicted octanol–water partition coefficient (Wildman–Crippen LogP) is 7.45. The second kappa shape index (κ2) is 11.0. The molecule has 40 heavy (non-hydrogen) atoms. The first kappa shape index (κ1) is 28.6. The molecule has 0 radical (unpaired) electrons. The van der Waals surface area contributed by atoms with E-state index in [-0.39, 0.29) is 32.0 Å². The quantitative estimate of drug-likeness (QED) is 0.176. The maximum absolute atomic E-state index is 13.1. The van der Waals surface area contributed by atoms with E-state index >= 15 is 0 Å². The number of nitrogens with zero attached hydrogens (tertiary/aromatic N) is 1. The van der Waals surface area contributed by atoms with Gasteiger partial charge in [0.15, 0.2) is 0 Å². The van der Waals surface area contributed by atoms with Crippen LogP contribution in [0.1, 0.15) is 21.5 Å². The summed E-state index contributed by atoms with van der Waals surface area (Å²) in [4.78, 5) is 24.0. The van der Waals surface area contributed by atoms with Crippen LogP contribution >= 0.6 is 11.6 Å². The number of hydrogen-bond donors (Lipinski definition) is 1. The molecule has 8 nitrogen and oxygen atoms in total. The second-order valence-corrected chi connectivity index (χ2v) is 10.8. The highest BCUT2D eigenvalue weighted by molar-refractivity contribution is 7.91. The Kier molecular flexibility index (Phi) is 7.85. The number of anilines is 1. The van der Waals surface area contributed by atoms with Crippen LogP contribution in [0, 0.1) is 17.0 Å². The van der Waals surface area contributed by atoms with E-state index in [1.807, 2.05) is 0 Å². The number of nitro benzene ring substituents is 1. The molecule has 4 aromatic rings. The summed E-state index contributed by atoms with van der Waals surface area (Å²) in [5.41, 5.74) is -1.40. The van der Waals surface area contributed by atoms with Crippen molar-refractivity contribution in [2.75, 3.05) is 5.32 Å². The Morgan fingerprint density at radius 3 is 2.25 bits per heavy atom. The van der Waals surface area contributed by atoms with Crippen LogP contribution < -0.4 is 10.1 Å². The first-order valence-electron chi connectivity index (χ1n) is 11.3. The molecule has 0 saturated carbocycles. The van der Waals surface area contributed by atoms with Crippen LogP contribution in [0.15, 0.2) is 94.7 Å². The van der Waals surface area contributed by atoms with Crippen molar-refractivity contribution in [3.8, 4) is 11.5 Å². The molecule has 0 saturated heterocycles. The maximum atomic E-state index is 13.1. The van der Waals surface area contributed by atoms with Gasteiger partial charge in [-0.25, -0.2) is 8.42 Å². The van der Waals surface area contributed by atoms with Gasteiger partial charge in [0.25, 0.3) is 11.6 Å². The Balaban J connectivity index is 1.61. The summed E-state index contributed by atoms with van der Waals surface area (Å²) in [6.45, 7) is 1.56. The van der Waals surface area contributed by atoms with E-state index in [1.165, 1.54) is 30.3 Å². The van der Waals surface area contributed by atoms with Crippen LogP contribution in [0.2, 0.25) is 5.02 Å². The molecular formula is C27H18ClF3N2O6S. The van der Waals surface area contributed by atoms with Gasteiger partial charge in [0.05, 0.1) is 25.3 Å². The highest BCUT2D eigenvalue weighted by atomic mass is 35.5. The number of carbonyl (C=O) groups is 1. The fourth-order valence-electron chi connectivity index (χ4n) is 3.68. The molecule has 13 heteroatoms. The normalized spacial score (nSPS) is 11.6.